The maximum absolute atomic E-state index is 5.85. The molecular weight excluding hydrogens is 236 g/mol. The van der Waals surface area contributed by atoms with E-state index in [1.165, 1.54) is 18.4 Å². The van der Waals surface area contributed by atoms with Gasteiger partial charge in [-0.1, -0.05) is 12.1 Å². The fourth-order valence-corrected chi connectivity index (χ4v) is 2.59. The monoisotopic (exact) mass is 262 g/mol. The van der Waals surface area contributed by atoms with Crippen molar-refractivity contribution in [3.8, 4) is 5.75 Å². The summed E-state index contributed by atoms with van der Waals surface area (Å²) in [6.07, 6.45) is 3.76. The van der Waals surface area contributed by atoms with Crippen molar-refractivity contribution >= 4 is 0 Å². The molecule has 0 bridgehead atoms. The molecule has 2 rings (SSSR count). The Morgan fingerprint density at radius 1 is 1.42 bits per heavy atom. The van der Waals surface area contributed by atoms with Gasteiger partial charge in [-0.15, -0.1) is 0 Å². The lowest BCUT2D eigenvalue weighted by Crippen LogP contribution is -2.40. The summed E-state index contributed by atoms with van der Waals surface area (Å²) in [5.74, 6) is 1.81. The van der Waals surface area contributed by atoms with Crippen LogP contribution in [-0.2, 0) is 0 Å². The van der Waals surface area contributed by atoms with Gasteiger partial charge in [-0.3, -0.25) is 0 Å². The van der Waals surface area contributed by atoms with Crippen LogP contribution in [0.5, 0.6) is 5.75 Å². The molecule has 0 aliphatic heterocycles. The lowest BCUT2D eigenvalue weighted by molar-refractivity contribution is 0.201. The SMILES string of the molecule is Cc1cccc(OCCCN(C)C(CN)C2CC2)c1. The maximum Gasteiger partial charge on any atom is 0.119 e. The highest BCUT2D eigenvalue weighted by atomic mass is 16.5. The summed E-state index contributed by atoms with van der Waals surface area (Å²) in [5, 5.41) is 0. The van der Waals surface area contributed by atoms with Gasteiger partial charge in [0.15, 0.2) is 0 Å². The van der Waals surface area contributed by atoms with Gasteiger partial charge in [-0.05, 0) is 56.8 Å². The van der Waals surface area contributed by atoms with Crippen LogP contribution in [0.4, 0.5) is 0 Å². The van der Waals surface area contributed by atoms with Crippen LogP contribution in [0.2, 0.25) is 0 Å². The van der Waals surface area contributed by atoms with Crippen molar-refractivity contribution in [2.75, 3.05) is 26.7 Å². The third-order valence-electron chi connectivity index (χ3n) is 3.89. The number of likely N-dealkylation sites (N-methyl/N-ethyl adjacent to an activating group) is 1. The molecule has 0 heterocycles. The highest BCUT2D eigenvalue weighted by Crippen LogP contribution is 2.34. The van der Waals surface area contributed by atoms with Gasteiger partial charge >= 0.3 is 0 Å². The van der Waals surface area contributed by atoms with Crippen LogP contribution in [0.25, 0.3) is 0 Å². The highest BCUT2D eigenvalue weighted by molar-refractivity contribution is 5.27. The molecule has 1 unspecified atom stereocenters. The standard InChI is InChI=1S/C16H26N2O/c1-13-5-3-6-15(11-13)19-10-4-9-18(2)16(12-17)14-7-8-14/h3,5-6,11,14,16H,4,7-10,12,17H2,1-2H3. The average molecular weight is 262 g/mol. The van der Waals surface area contributed by atoms with Gasteiger partial charge in [-0.25, -0.2) is 0 Å². The number of nitrogens with two attached hydrogens (primary N) is 1. The Hall–Kier alpha value is -1.06. The first kappa shape index (κ1) is 14.4. The smallest absolute Gasteiger partial charge is 0.119 e. The second kappa shape index (κ2) is 6.92. The number of aryl methyl sites for hydroxylation is 1. The van der Waals surface area contributed by atoms with Crippen LogP contribution in [0.1, 0.15) is 24.8 Å². The third-order valence-corrected chi connectivity index (χ3v) is 3.89. The summed E-state index contributed by atoms with van der Waals surface area (Å²) in [6, 6.07) is 8.79. The predicted octanol–water partition coefficient (Wildman–Crippen LogP) is 2.43. The van der Waals surface area contributed by atoms with E-state index in [9.17, 15) is 0 Å². The summed E-state index contributed by atoms with van der Waals surface area (Å²) < 4.78 is 5.77. The molecule has 0 saturated heterocycles. The number of ether oxygens (including phenoxy) is 1. The topological polar surface area (TPSA) is 38.5 Å². The Morgan fingerprint density at radius 3 is 2.84 bits per heavy atom. The van der Waals surface area contributed by atoms with E-state index < -0.39 is 0 Å². The van der Waals surface area contributed by atoms with E-state index in [0.717, 1.165) is 37.8 Å². The minimum atomic E-state index is 0.568. The van der Waals surface area contributed by atoms with Crippen molar-refractivity contribution in [2.24, 2.45) is 11.7 Å². The zero-order valence-corrected chi connectivity index (χ0v) is 12.1. The van der Waals surface area contributed by atoms with Crippen LogP contribution in [0.3, 0.4) is 0 Å². The van der Waals surface area contributed by atoms with Crippen LogP contribution < -0.4 is 10.5 Å². The summed E-state index contributed by atoms with van der Waals surface area (Å²) in [4.78, 5) is 2.40. The number of rotatable bonds is 8. The summed E-state index contributed by atoms with van der Waals surface area (Å²) in [7, 11) is 2.18. The largest absolute Gasteiger partial charge is 0.494 e. The van der Waals surface area contributed by atoms with Crippen LogP contribution in [0, 0.1) is 12.8 Å². The van der Waals surface area contributed by atoms with Crippen molar-refractivity contribution in [3.63, 3.8) is 0 Å². The molecule has 0 amide bonds. The maximum atomic E-state index is 5.85. The van der Waals surface area contributed by atoms with E-state index in [4.69, 9.17) is 10.5 Å². The van der Waals surface area contributed by atoms with E-state index in [1.807, 2.05) is 12.1 Å². The molecule has 0 radical (unpaired) electrons. The fourth-order valence-electron chi connectivity index (χ4n) is 2.59. The van der Waals surface area contributed by atoms with E-state index in [-0.39, 0.29) is 0 Å². The molecule has 106 valence electrons. The van der Waals surface area contributed by atoms with E-state index in [1.54, 1.807) is 0 Å². The van der Waals surface area contributed by atoms with Gasteiger partial charge in [0.05, 0.1) is 6.61 Å². The van der Waals surface area contributed by atoms with Crippen LogP contribution in [0.15, 0.2) is 24.3 Å². The van der Waals surface area contributed by atoms with Gasteiger partial charge in [-0.2, -0.15) is 0 Å². The van der Waals surface area contributed by atoms with Crippen molar-refractivity contribution < 1.29 is 4.74 Å². The number of nitrogens with zero attached hydrogens (tertiary/aromatic N) is 1. The Morgan fingerprint density at radius 2 is 2.21 bits per heavy atom. The molecule has 19 heavy (non-hydrogen) atoms. The van der Waals surface area contributed by atoms with Crippen LogP contribution >= 0.6 is 0 Å². The molecule has 0 spiro atoms. The Bertz CT molecular complexity index is 390. The van der Waals surface area contributed by atoms with Gasteiger partial charge in [0.2, 0.25) is 0 Å². The first-order valence-corrected chi connectivity index (χ1v) is 7.30. The number of benzene rings is 1. The Kier molecular flexibility index (Phi) is 5.23. The zero-order chi connectivity index (χ0) is 13.7. The average Bonchev–Trinajstić information content (AvgIpc) is 3.20. The lowest BCUT2D eigenvalue weighted by Gasteiger charge is -2.26. The molecule has 1 aromatic rings. The van der Waals surface area contributed by atoms with E-state index in [2.05, 4.69) is 31.0 Å². The second-order valence-electron chi connectivity index (χ2n) is 5.64. The van der Waals surface area contributed by atoms with Gasteiger partial charge in [0.1, 0.15) is 5.75 Å². The molecule has 1 fully saturated rings. The lowest BCUT2D eigenvalue weighted by atomic mass is 10.1. The second-order valence-corrected chi connectivity index (χ2v) is 5.64. The Balaban J connectivity index is 1.66. The number of hydrogen-bond donors (Lipinski definition) is 1. The quantitative estimate of drug-likeness (QED) is 0.731. The first-order valence-electron chi connectivity index (χ1n) is 7.30. The summed E-state index contributed by atoms with van der Waals surface area (Å²) >= 11 is 0. The zero-order valence-electron chi connectivity index (χ0n) is 12.1. The van der Waals surface area contributed by atoms with E-state index >= 15 is 0 Å². The van der Waals surface area contributed by atoms with Crippen molar-refractivity contribution in [1.82, 2.24) is 4.90 Å². The van der Waals surface area contributed by atoms with Crippen molar-refractivity contribution in [1.29, 1.82) is 0 Å². The number of hydrogen-bond acceptors (Lipinski definition) is 3. The molecule has 1 aliphatic rings. The summed E-state index contributed by atoms with van der Waals surface area (Å²) in [5.41, 5.74) is 7.10. The van der Waals surface area contributed by atoms with Gasteiger partial charge in [0, 0.05) is 19.1 Å². The predicted molar refractivity (Wildman–Crippen MR) is 79.5 cm³/mol. The highest BCUT2D eigenvalue weighted by Gasteiger charge is 2.32. The van der Waals surface area contributed by atoms with Crippen molar-refractivity contribution in [2.45, 2.75) is 32.2 Å². The third kappa shape index (κ3) is 4.51. The minimum absolute atomic E-state index is 0.568. The molecule has 1 saturated carbocycles. The molecular formula is C16H26N2O. The van der Waals surface area contributed by atoms with Gasteiger partial charge in [0.25, 0.3) is 0 Å². The minimum Gasteiger partial charge on any atom is -0.494 e. The summed E-state index contributed by atoms with van der Waals surface area (Å²) in [6.45, 7) is 4.70. The molecule has 3 heteroatoms. The molecule has 1 aliphatic carbocycles. The normalized spacial score (nSPS) is 16.6. The molecule has 1 aromatic carbocycles. The molecule has 1 atom stereocenters. The van der Waals surface area contributed by atoms with Crippen LogP contribution in [-0.4, -0.2) is 37.7 Å². The molecule has 2 N–H and O–H groups in total. The van der Waals surface area contributed by atoms with E-state index in [0.29, 0.717) is 6.04 Å². The fraction of sp³-hybridized carbons (Fsp3) is 0.625. The van der Waals surface area contributed by atoms with Crippen molar-refractivity contribution in [3.05, 3.63) is 29.8 Å². The molecule has 0 aromatic heterocycles. The van der Waals surface area contributed by atoms with Gasteiger partial charge < -0.3 is 15.4 Å². The first-order chi connectivity index (χ1) is 9.20. The Labute approximate surface area is 116 Å². The molecule has 3 nitrogen and oxygen atoms in total.